The quantitative estimate of drug-likeness (QED) is 0.767. The molecule has 2 N–H and O–H groups in total. The topological polar surface area (TPSA) is 32.3 Å². The molecule has 104 valence electrons. The molecule has 1 fully saturated rings. The van der Waals surface area contributed by atoms with Gasteiger partial charge in [-0.25, -0.2) is 0 Å². The maximum atomic E-state index is 10.4. The van der Waals surface area contributed by atoms with Crippen LogP contribution in [0.5, 0.6) is 5.75 Å². The van der Waals surface area contributed by atoms with E-state index >= 15 is 0 Å². The maximum absolute atomic E-state index is 10.4. The van der Waals surface area contributed by atoms with Crippen LogP contribution >= 0.6 is 11.6 Å². The van der Waals surface area contributed by atoms with Gasteiger partial charge >= 0.3 is 0 Å². The lowest BCUT2D eigenvalue weighted by molar-refractivity contribution is 0.421. The molecule has 0 bridgehead atoms. The lowest BCUT2D eigenvalue weighted by Crippen LogP contribution is -2.27. The van der Waals surface area contributed by atoms with Gasteiger partial charge in [0.05, 0.1) is 5.02 Å². The molecule has 1 aromatic rings. The second kappa shape index (κ2) is 5.72. The van der Waals surface area contributed by atoms with Crippen LogP contribution in [-0.2, 0) is 12.8 Å². The van der Waals surface area contributed by atoms with Gasteiger partial charge in [0.2, 0.25) is 0 Å². The van der Waals surface area contributed by atoms with E-state index in [4.69, 9.17) is 11.6 Å². The Morgan fingerprint density at radius 2 is 1.84 bits per heavy atom. The van der Waals surface area contributed by atoms with Gasteiger partial charge in [-0.1, -0.05) is 18.0 Å². The van der Waals surface area contributed by atoms with Gasteiger partial charge < -0.3 is 10.4 Å². The number of aromatic hydroxyl groups is 1. The lowest BCUT2D eigenvalue weighted by atomic mass is 9.83. The van der Waals surface area contributed by atoms with Crippen molar-refractivity contribution in [1.29, 1.82) is 0 Å². The van der Waals surface area contributed by atoms with Crippen LogP contribution in [0, 0.1) is 0 Å². The second-order valence-corrected chi connectivity index (χ2v) is 6.25. The fourth-order valence-electron chi connectivity index (χ4n) is 3.62. The first-order chi connectivity index (χ1) is 9.27. The number of phenols is 1. The fraction of sp³-hybridized carbons (Fsp3) is 0.625. The van der Waals surface area contributed by atoms with Crippen LogP contribution < -0.4 is 5.32 Å². The number of hydrogen-bond acceptors (Lipinski definition) is 2. The van der Waals surface area contributed by atoms with E-state index in [-0.39, 0.29) is 0 Å². The summed E-state index contributed by atoms with van der Waals surface area (Å²) in [5.41, 5.74) is 3.96. The van der Waals surface area contributed by atoms with E-state index in [2.05, 4.69) is 5.32 Å². The number of benzene rings is 1. The highest BCUT2D eigenvalue weighted by atomic mass is 35.5. The minimum absolute atomic E-state index is 0.356. The smallest absolute Gasteiger partial charge is 0.137 e. The van der Waals surface area contributed by atoms with Gasteiger partial charge in [-0.05, 0) is 74.7 Å². The van der Waals surface area contributed by atoms with Crippen molar-refractivity contribution in [3.05, 3.63) is 27.8 Å². The molecule has 0 amide bonds. The summed E-state index contributed by atoms with van der Waals surface area (Å²) in [5.74, 6) is 0.834. The number of aryl methyl sites for hydroxylation is 1. The van der Waals surface area contributed by atoms with Crippen molar-refractivity contribution in [3.63, 3.8) is 0 Å². The van der Waals surface area contributed by atoms with Crippen LogP contribution in [0.4, 0.5) is 0 Å². The van der Waals surface area contributed by atoms with Crippen molar-refractivity contribution in [2.24, 2.45) is 0 Å². The van der Waals surface area contributed by atoms with E-state index in [0.29, 0.717) is 16.7 Å². The predicted molar refractivity (Wildman–Crippen MR) is 79.2 cm³/mol. The van der Waals surface area contributed by atoms with E-state index in [1.807, 2.05) is 6.07 Å². The Balaban J connectivity index is 2.07. The fourth-order valence-corrected chi connectivity index (χ4v) is 3.85. The van der Waals surface area contributed by atoms with Crippen LogP contribution in [0.15, 0.2) is 6.07 Å². The molecule has 1 heterocycles. The molecule has 0 atom stereocenters. The monoisotopic (exact) mass is 279 g/mol. The average Bonchev–Trinajstić information content (AvgIpc) is 2.66. The van der Waals surface area contributed by atoms with Crippen LogP contribution in [0.1, 0.15) is 54.7 Å². The van der Waals surface area contributed by atoms with Crippen LogP contribution in [0.25, 0.3) is 0 Å². The Labute approximate surface area is 120 Å². The number of fused-ring (bicyclic) bond motifs is 1. The van der Waals surface area contributed by atoms with Crippen LogP contribution in [-0.4, -0.2) is 18.2 Å². The molecule has 0 radical (unpaired) electrons. The third-order valence-corrected chi connectivity index (χ3v) is 4.90. The first kappa shape index (κ1) is 13.3. The molecule has 3 heteroatoms. The zero-order valence-electron chi connectivity index (χ0n) is 11.3. The number of phenolic OH excluding ortho intramolecular Hbond substituents is 1. The van der Waals surface area contributed by atoms with E-state index in [0.717, 1.165) is 38.8 Å². The largest absolute Gasteiger partial charge is 0.506 e. The van der Waals surface area contributed by atoms with Gasteiger partial charge in [-0.15, -0.1) is 0 Å². The third-order valence-electron chi connectivity index (χ3n) is 4.62. The highest BCUT2D eigenvalue weighted by molar-refractivity contribution is 6.32. The minimum atomic E-state index is 0.356. The van der Waals surface area contributed by atoms with Crippen LogP contribution in [0.3, 0.4) is 0 Å². The van der Waals surface area contributed by atoms with Crippen molar-refractivity contribution < 1.29 is 5.11 Å². The molecule has 3 rings (SSSR count). The predicted octanol–water partition coefficient (Wildman–Crippen LogP) is 3.78. The number of nitrogens with one attached hydrogen (secondary N) is 1. The minimum Gasteiger partial charge on any atom is -0.506 e. The Bertz CT molecular complexity index is 466. The molecule has 1 aromatic carbocycles. The number of piperidine rings is 1. The van der Waals surface area contributed by atoms with Gasteiger partial charge in [0.25, 0.3) is 0 Å². The van der Waals surface area contributed by atoms with Gasteiger partial charge in [-0.2, -0.15) is 0 Å². The number of rotatable bonds is 1. The van der Waals surface area contributed by atoms with Gasteiger partial charge in [0.1, 0.15) is 5.75 Å². The third kappa shape index (κ3) is 2.61. The standard InChI is InChI=1S/C16H22ClNO/c17-14-10-12-4-2-1-3-5-13(12)15(16(14)19)11-6-8-18-9-7-11/h10-11,18-19H,1-9H2. The molecule has 0 saturated carbocycles. The normalized spacial score (nSPS) is 20.9. The van der Waals surface area contributed by atoms with Crippen molar-refractivity contribution >= 4 is 11.6 Å². The van der Waals surface area contributed by atoms with E-state index in [9.17, 15) is 5.11 Å². The van der Waals surface area contributed by atoms with Crippen molar-refractivity contribution in [1.82, 2.24) is 5.32 Å². The summed E-state index contributed by atoms with van der Waals surface area (Å²) >= 11 is 6.26. The van der Waals surface area contributed by atoms with Gasteiger partial charge in [0.15, 0.2) is 0 Å². The molecule has 1 saturated heterocycles. The molecular weight excluding hydrogens is 258 g/mol. The van der Waals surface area contributed by atoms with Crippen LogP contribution in [0.2, 0.25) is 5.02 Å². The van der Waals surface area contributed by atoms with Crippen molar-refractivity contribution in [2.45, 2.75) is 50.9 Å². The lowest BCUT2D eigenvalue weighted by Gasteiger charge is -2.27. The summed E-state index contributed by atoms with van der Waals surface area (Å²) in [6, 6.07) is 2.00. The molecule has 0 spiro atoms. The summed E-state index contributed by atoms with van der Waals surface area (Å²) in [6.07, 6.45) is 8.23. The highest BCUT2D eigenvalue weighted by Crippen LogP contribution is 2.42. The Morgan fingerprint density at radius 3 is 2.63 bits per heavy atom. The Morgan fingerprint density at radius 1 is 1.11 bits per heavy atom. The van der Waals surface area contributed by atoms with E-state index in [1.54, 1.807) is 0 Å². The molecule has 2 nitrogen and oxygen atoms in total. The number of halogens is 1. The van der Waals surface area contributed by atoms with Gasteiger partial charge in [-0.3, -0.25) is 0 Å². The highest BCUT2D eigenvalue weighted by Gasteiger charge is 2.25. The molecule has 1 aliphatic heterocycles. The average molecular weight is 280 g/mol. The van der Waals surface area contributed by atoms with Gasteiger partial charge in [0, 0.05) is 5.56 Å². The second-order valence-electron chi connectivity index (χ2n) is 5.84. The van der Waals surface area contributed by atoms with E-state index in [1.165, 1.54) is 36.0 Å². The Hall–Kier alpha value is -0.730. The zero-order chi connectivity index (χ0) is 13.2. The van der Waals surface area contributed by atoms with E-state index < -0.39 is 0 Å². The SMILES string of the molecule is Oc1c(Cl)cc2c(c1C1CCNCC1)CCCCC2. The molecule has 19 heavy (non-hydrogen) atoms. The summed E-state index contributed by atoms with van der Waals surface area (Å²) < 4.78 is 0. The number of hydrogen-bond donors (Lipinski definition) is 2. The maximum Gasteiger partial charge on any atom is 0.137 e. The van der Waals surface area contributed by atoms with Crippen molar-refractivity contribution in [2.75, 3.05) is 13.1 Å². The summed E-state index contributed by atoms with van der Waals surface area (Å²) in [5, 5.41) is 14.4. The summed E-state index contributed by atoms with van der Waals surface area (Å²) in [7, 11) is 0. The van der Waals surface area contributed by atoms with Crippen molar-refractivity contribution in [3.8, 4) is 5.75 Å². The summed E-state index contributed by atoms with van der Waals surface area (Å²) in [6.45, 7) is 2.09. The first-order valence-electron chi connectivity index (χ1n) is 7.51. The molecule has 2 aliphatic rings. The molecule has 0 aromatic heterocycles. The first-order valence-corrected chi connectivity index (χ1v) is 7.89. The zero-order valence-corrected chi connectivity index (χ0v) is 12.1. The molecule has 1 aliphatic carbocycles. The molecule has 0 unspecified atom stereocenters. The Kier molecular flexibility index (Phi) is 3.99. The molecular formula is C16H22ClNO. The summed E-state index contributed by atoms with van der Waals surface area (Å²) in [4.78, 5) is 0.